The van der Waals surface area contributed by atoms with Crippen molar-refractivity contribution >= 4 is 0 Å². The first-order chi connectivity index (χ1) is 10.3. The van der Waals surface area contributed by atoms with Crippen LogP contribution in [0.2, 0.25) is 0 Å². The molecule has 0 bridgehead atoms. The van der Waals surface area contributed by atoms with Crippen LogP contribution in [0.3, 0.4) is 0 Å². The van der Waals surface area contributed by atoms with E-state index in [0.29, 0.717) is 0 Å². The Morgan fingerprint density at radius 2 is 1.48 bits per heavy atom. The van der Waals surface area contributed by atoms with Crippen LogP contribution in [0.5, 0.6) is 0 Å². The molecule has 1 spiro atoms. The summed E-state index contributed by atoms with van der Waals surface area (Å²) in [6.07, 6.45) is 3.90. The molecule has 108 valence electrons. The lowest BCUT2D eigenvalue weighted by Gasteiger charge is -2.39. The Hall–Kier alpha value is -1.64. The van der Waals surface area contributed by atoms with Crippen LogP contribution in [0.15, 0.2) is 60.7 Å². The molecule has 0 aromatic heterocycles. The maximum Gasteiger partial charge on any atom is 0.132 e. The van der Waals surface area contributed by atoms with E-state index in [4.69, 9.17) is 4.74 Å². The highest BCUT2D eigenvalue weighted by Crippen LogP contribution is 2.65. The van der Waals surface area contributed by atoms with Crippen molar-refractivity contribution in [2.45, 2.75) is 43.0 Å². The van der Waals surface area contributed by atoms with Crippen molar-refractivity contribution in [3.8, 4) is 0 Å². The van der Waals surface area contributed by atoms with Gasteiger partial charge in [-0.2, -0.15) is 0 Å². The molecule has 1 N–H and O–H groups in total. The average Bonchev–Trinajstić information content (AvgIpc) is 3.28. The molecule has 0 amide bonds. The van der Waals surface area contributed by atoms with Crippen LogP contribution in [-0.4, -0.2) is 10.7 Å². The van der Waals surface area contributed by atoms with Crippen LogP contribution in [0, 0.1) is 0 Å². The number of benzene rings is 2. The molecule has 2 aliphatic rings. The molecule has 1 unspecified atom stereocenters. The second-order valence-electron chi connectivity index (χ2n) is 6.23. The highest BCUT2D eigenvalue weighted by atomic mass is 16.6. The van der Waals surface area contributed by atoms with Gasteiger partial charge in [0.15, 0.2) is 0 Å². The minimum Gasteiger partial charge on any atom is -0.382 e. The average molecular weight is 280 g/mol. The monoisotopic (exact) mass is 280 g/mol. The van der Waals surface area contributed by atoms with Crippen molar-refractivity contribution < 1.29 is 9.84 Å². The van der Waals surface area contributed by atoms with Crippen LogP contribution < -0.4 is 0 Å². The zero-order chi connectivity index (χ0) is 14.3. The van der Waals surface area contributed by atoms with Gasteiger partial charge < -0.3 is 9.84 Å². The third-order valence-electron chi connectivity index (χ3n) is 5.08. The predicted octanol–water partition coefficient (Wildman–Crippen LogP) is 3.96. The third kappa shape index (κ3) is 1.86. The van der Waals surface area contributed by atoms with Gasteiger partial charge in [-0.05, 0) is 24.0 Å². The number of epoxide rings is 1. The minimum absolute atomic E-state index is 0.0178. The molecule has 2 heteroatoms. The van der Waals surface area contributed by atoms with E-state index in [1.54, 1.807) is 0 Å². The zero-order valence-corrected chi connectivity index (χ0v) is 12.0. The predicted molar refractivity (Wildman–Crippen MR) is 81.8 cm³/mol. The lowest BCUT2D eigenvalue weighted by molar-refractivity contribution is -0.0724. The standard InChI is InChI=1S/C19H20O2/c20-18(16-11-5-2-6-12-16)13-7-8-14-19(18)17(21-19)15-9-3-1-4-10-15/h1-6,9-12,17,20H,7-8,13-14H2/t17?,18-,19-/m0/s1. The number of hydrogen-bond acceptors (Lipinski definition) is 2. The van der Waals surface area contributed by atoms with Crippen LogP contribution in [-0.2, 0) is 10.3 Å². The smallest absolute Gasteiger partial charge is 0.132 e. The van der Waals surface area contributed by atoms with E-state index in [-0.39, 0.29) is 6.10 Å². The molecule has 21 heavy (non-hydrogen) atoms. The van der Waals surface area contributed by atoms with Crippen molar-refractivity contribution in [3.05, 3.63) is 71.8 Å². The summed E-state index contributed by atoms with van der Waals surface area (Å²) in [4.78, 5) is 0. The number of rotatable bonds is 2. The topological polar surface area (TPSA) is 32.8 Å². The molecule has 0 radical (unpaired) electrons. The van der Waals surface area contributed by atoms with Crippen LogP contribution >= 0.6 is 0 Å². The van der Waals surface area contributed by atoms with Gasteiger partial charge in [-0.1, -0.05) is 73.5 Å². The number of ether oxygens (including phenoxy) is 1. The minimum atomic E-state index is -0.868. The Balaban J connectivity index is 1.74. The summed E-state index contributed by atoms with van der Waals surface area (Å²) in [5.74, 6) is 0. The normalized spacial score (nSPS) is 34.8. The molecule has 2 fully saturated rings. The number of hydrogen-bond donors (Lipinski definition) is 1. The Morgan fingerprint density at radius 1 is 0.857 bits per heavy atom. The van der Waals surface area contributed by atoms with Crippen molar-refractivity contribution in [3.63, 3.8) is 0 Å². The van der Waals surface area contributed by atoms with Gasteiger partial charge >= 0.3 is 0 Å². The van der Waals surface area contributed by atoms with Gasteiger partial charge in [0.1, 0.15) is 17.3 Å². The molecule has 1 saturated heterocycles. The Kier molecular flexibility index (Phi) is 2.91. The SMILES string of the molecule is O[C@]1(c2ccccc2)CCCC[C@@]12OC2c1ccccc1. The summed E-state index contributed by atoms with van der Waals surface area (Å²) in [6.45, 7) is 0. The van der Waals surface area contributed by atoms with Crippen molar-refractivity contribution in [2.24, 2.45) is 0 Å². The van der Waals surface area contributed by atoms with Gasteiger partial charge in [-0.15, -0.1) is 0 Å². The lowest BCUT2D eigenvalue weighted by atomic mass is 9.68. The van der Waals surface area contributed by atoms with E-state index in [1.807, 2.05) is 48.5 Å². The van der Waals surface area contributed by atoms with E-state index >= 15 is 0 Å². The highest BCUT2D eigenvalue weighted by molar-refractivity contribution is 5.36. The fraction of sp³-hybridized carbons (Fsp3) is 0.368. The number of aliphatic hydroxyl groups is 1. The summed E-state index contributed by atoms with van der Waals surface area (Å²) in [6, 6.07) is 20.3. The third-order valence-corrected chi connectivity index (χ3v) is 5.08. The summed E-state index contributed by atoms with van der Waals surface area (Å²) in [7, 11) is 0. The first kappa shape index (κ1) is 13.1. The lowest BCUT2D eigenvalue weighted by Crippen LogP contribution is -2.45. The van der Waals surface area contributed by atoms with Crippen LogP contribution in [0.4, 0.5) is 0 Å². The molecule has 1 aliphatic heterocycles. The molecule has 1 saturated carbocycles. The molecule has 2 nitrogen and oxygen atoms in total. The van der Waals surface area contributed by atoms with Crippen molar-refractivity contribution in [2.75, 3.05) is 0 Å². The van der Waals surface area contributed by atoms with Gasteiger partial charge in [0, 0.05) is 0 Å². The van der Waals surface area contributed by atoms with Crippen LogP contribution in [0.25, 0.3) is 0 Å². The largest absolute Gasteiger partial charge is 0.382 e. The molecular formula is C19H20O2. The Morgan fingerprint density at radius 3 is 2.19 bits per heavy atom. The van der Waals surface area contributed by atoms with E-state index in [2.05, 4.69) is 12.1 Å². The summed E-state index contributed by atoms with van der Waals surface area (Å²) in [5, 5.41) is 11.4. The van der Waals surface area contributed by atoms with Gasteiger partial charge in [-0.3, -0.25) is 0 Å². The maximum atomic E-state index is 11.4. The molecule has 4 rings (SSSR count). The fourth-order valence-corrected chi connectivity index (χ4v) is 3.94. The van der Waals surface area contributed by atoms with Crippen molar-refractivity contribution in [1.82, 2.24) is 0 Å². The van der Waals surface area contributed by atoms with Gasteiger partial charge in [0.25, 0.3) is 0 Å². The summed E-state index contributed by atoms with van der Waals surface area (Å²) < 4.78 is 6.15. The van der Waals surface area contributed by atoms with E-state index < -0.39 is 11.2 Å². The first-order valence-electron chi connectivity index (χ1n) is 7.77. The fourth-order valence-electron chi connectivity index (χ4n) is 3.94. The maximum absolute atomic E-state index is 11.4. The molecule has 2 aromatic carbocycles. The Labute approximate surface area is 125 Å². The molecule has 1 aliphatic carbocycles. The Bertz CT molecular complexity index is 625. The molecule has 1 heterocycles. The second kappa shape index (κ2) is 4.69. The first-order valence-corrected chi connectivity index (χ1v) is 7.77. The van der Waals surface area contributed by atoms with E-state index in [0.717, 1.165) is 31.2 Å². The summed E-state index contributed by atoms with van der Waals surface area (Å²) in [5.41, 5.74) is 0.859. The molecule has 3 atom stereocenters. The van der Waals surface area contributed by atoms with E-state index in [9.17, 15) is 5.11 Å². The molecule has 2 aromatic rings. The van der Waals surface area contributed by atoms with E-state index in [1.165, 1.54) is 5.56 Å². The molecular weight excluding hydrogens is 260 g/mol. The van der Waals surface area contributed by atoms with Gasteiger partial charge in [0.2, 0.25) is 0 Å². The second-order valence-corrected chi connectivity index (χ2v) is 6.23. The van der Waals surface area contributed by atoms with Crippen LogP contribution in [0.1, 0.15) is 42.9 Å². The highest BCUT2D eigenvalue weighted by Gasteiger charge is 2.69. The van der Waals surface area contributed by atoms with Crippen molar-refractivity contribution in [1.29, 1.82) is 0 Å². The quantitative estimate of drug-likeness (QED) is 0.845. The zero-order valence-electron chi connectivity index (χ0n) is 12.0. The summed E-state index contributed by atoms with van der Waals surface area (Å²) >= 11 is 0. The van der Waals surface area contributed by atoms with Gasteiger partial charge in [0.05, 0.1) is 0 Å². The van der Waals surface area contributed by atoms with Gasteiger partial charge in [-0.25, -0.2) is 0 Å².